The molecular formula is C15H19N5O. The summed E-state index contributed by atoms with van der Waals surface area (Å²) < 4.78 is 1.85. The number of nitrogens with one attached hydrogen (secondary N) is 1. The second-order valence-corrected chi connectivity index (χ2v) is 5.60. The summed E-state index contributed by atoms with van der Waals surface area (Å²) >= 11 is 0. The molecule has 3 rings (SSSR count). The summed E-state index contributed by atoms with van der Waals surface area (Å²) in [6.45, 7) is 0. The first-order valence-corrected chi connectivity index (χ1v) is 7.13. The molecule has 1 fully saturated rings. The number of rotatable bonds is 5. The maximum Gasteiger partial charge on any atom is 0.225 e. The number of amides is 1. The zero-order valence-electron chi connectivity index (χ0n) is 12.0. The number of carbonyl (C=O) groups excluding carboxylic acids is 1. The molecule has 6 nitrogen and oxygen atoms in total. The van der Waals surface area contributed by atoms with E-state index in [1.165, 1.54) is 0 Å². The Kier molecular flexibility index (Phi) is 3.70. The van der Waals surface area contributed by atoms with Crippen molar-refractivity contribution in [3.8, 4) is 11.4 Å². The van der Waals surface area contributed by atoms with E-state index in [1.807, 2.05) is 35.9 Å². The number of nitrogens with two attached hydrogens (primary N) is 1. The van der Waals surface area contributed by atoms with Gasteiger partial charge >= 0.3 is 0 Å². The molecule has 1 aromatic heterocycles. The van der Waals surface area contributed by atoms with E-state index in [0.717, 1.165) is 29.9 Å². The fourth-order valence-electron chi connectivity index (χ4n) is 2.36. The Bertz CT molecular complexity index is 630. The molecule has 1 heterocycles. The van der Waals surface area contributed by atoms with Crippen LogP contribution in [0.4, 0.5) is 5.69 Å². The topological polar surface area (TPSA) is 85.8 Å². The molecule has 0 spiro atoms. The molecule has 1 aliphatic carbocycles. The van der Waals surface area contributed by atoms with E-state index in [9.17, 15) is 4.79 Å². The Morgan fingerprint density at radius 2 is 2.14 bits per heavy atom. The van der Waals surface area contributed by atoms with Crippen molar-refractivity contribution in [2.24, 2.45) is 18.7 Å². The first-order valence-electron chi connectivity index (χ1n) is 7.13. The van der Waals surface area contributed by atoms with Gasteiger partial charge in [0.1, 0.15) is 6.33 Å². The van der Waals surface area contributed by atoms with Crippen LogP contribution < -0.4 is 11.1 Å². The van der Waals surface area contributed by atoms with E-state index in [-0.39, 0.29) is 11.9 Å². The summed E-state index contributed by atoms with van der Waals surface area (Å²) in [7, 11) is 1.89. The lowest BCUT2D eigenvalue weighted by atomic mass is 10.1. The number of benzene rings is 1. The lowest BCUT2D eigenvalue weighted by Crippen LogP contribution is -2.28. The van der Waals surface area contributed by atoms with Gasteiger partial charge in [0.15, 0.2) is 5.82 Å². The summed E-state index contributed by atoms with van der Waals surface area (Å²) in [5, 5.41) is 10.8. The Hall–Kier alpha value is -2.21. The molecule has 3 N–H and O–H groups in total. The van der Waals surface area contributed by atoms with Crippen LogP contribution in [0.2, 0.25) is 0 Å². The van der Waals surface area contributed by atoms with Crippen LogP contribution >= 0.6 is 0 Å². The highest BCUT2D eigenvalue weighted by Gasteiger charge is 2.29. The van der Waals surface area contributed by atoms with Gasteiger partial charge in [-0.05, 0) is 43.0 Å². The average Bonchev–Trinajstić information content (AvgIpc) is 3.22. The standard InChI is InChI=1S/C15H19N5O/c1-20-9-17-19-15(20)11-4-6-12(7-5-11)18-14(21)8-13(16)10-2-3-10/h4-7,9-10,13H,2-3,8,16H2,1H3,(H,18,21). The van der Waals surface area contributed by atoms with Gasteiger partial charge < -0.3 is 15.6 Å². The highest BCUT2D eigenvalue weighted by Crippen LogP contribution is 2.32. The van der Waals surface area contributed by atoms with Crippen LogP contribution in [0.15, 0.2) is 30.6 Å². The van der Waals surface area contributed by atoms with Gasteiger partial charge in [0, 0.05) is 30.8 Å². The smallest absolute Gasteiger partial charge is 0.225 e. The van der Waals surface area contributed by atoms with Gasteiger partial charge in [-0.1, -0.05) is 0 Å². The van der Waals surface area contributed by atoms with Crippen molar-refractivity contribution >= 4 is 11.6 Å². The third-order valence-corrected chi connectivity index (χ3v) is 3.79. The van der Waals surface area contributed by atoms with Gasteiger partial charge in [-0.15, -0.1) is 10.2 Å². The molecule has 21 heavy (non-hydrogen) atoms. The van der Waals surface area contributed by atoms with Gasteiger partial charge in [-0.2, -0.15) is 0 Å². The molecule has 1 aliphatic rings. The van der Waals surface area contributed by atoms with Crippen LogP contribution in [0.25, 0.3) is 11.4 Å². The van der Waals surface area contributed by atoms with Crippen molar-refractivity contribution in [1.82, 2.24) is 14.8 Å². The van der Waals surface area contributed by atoms with E-state index in [0.29, 0.717) is 12.3 Å². The molecule has 0 bridgehead atoms. The lowest BCUT2D eigenvalue weighted by Gasteiger charge is -2.10. The Morgan fingerprint density at radius 1 is 1.43 bits per heavy atom. The van der Waals surface area contributed by atoms with Crippen molar-refractivity contribution in [2.45, 2.75) is 25.3 Å². The molecule has 1 saturated carbocycles. The molecule has 0 radical (unpaired) electrons. The van der Waals surface area contributed by atoms with Crippen LogP contribution in [-0.2, 0) is 11.8 Å². The fourth-order valence-corrected chi connectivity index (χ4v) is 2.36. The number of aryl methyl sites for hydroxylation is 1. The SMILES string of the molecule is Cn1cnnc1-c1ccc(NC(=O)CC(N)C2CC2)cc1. The van der Waals surface area contributed by atoms with E-state index >= 15 is 0 Å². The maximum atomic E-state index is 11.9. The first-order chi connectivity index (χ1) is 10.1. The normalized spacial score (nSPS) is 15.7. The van der Waals surface area contributed by atoms with E-state index in [1.54, 1.807) is 6.33 Å². The maximum absolute atomic E-state index is 11.9. The fraction of sp³-hybridized carbons (Fsp3) is 0.400. The van der Waals surface area contributed by atoms with Crippen molar-refractivity contribution in [2.75, 3.05) is 5.32 Å². The largest absolute Gasteiger partial charge is 0.327 e. The van der Waals surface area contributed by atoms with E-state index in [4.69, 9.17) is 5.73 Å². The number of anilines is 1. The molecule has 110 valence electrons. The highest BCUT2D eigenvalue weighted by molar-refractivity contribution is 5.91. The molecular weight excluding hydrogens is 266 g/mol. The Labute approximate surface area is 123 Å². The van der Waals surface area contributed by atoms with E-state index < -0.39 is 0 Å². The number of aromatic nitrogens is 3. The summed E-state index contributed by atoms with van der Waals surface area (Å²) in [4.78, 5) is 11.9. The zero-order valence-corrected chi connectivity index (χ0v) is 12.0. The van der Waals surface area contributed by atoms with Crippen molar-refractivity contribution < 1.29 is 4.79 Å². The number of nitrogens with zero attached hydrogens (tertiary/aromatic N) is 3. The van der Waals surface area contributed by atoms with Gasteiger partial charge in [-0.3, -0.25) is 4.79 Å². The van der Waals surface area contributed by atoms with Crippen LogP contribution in [0, 0.1) is 5.92 Å². The quantitative estimate of drug-likeness (QED) is 0.872. The number of hydrogen-bond acceptors (Lipinski definition) is 4. The summed E-state index contributed by atoms with van der Waals surface area (Å²) in [6, 6.07) is 7.55. The van der Waals surface area contributed by atoms with Gasteiger partial charge in [0.2, 0.25) is 5.91 Å². The minimum absolute atomic E-state index is 0.0112. The third-order valence-electron chi connectivity index (χ3n) is 3.79. The molecule has 1 unspecified atom stereocenters. The van der Waals surface area contributed by atoms with Crippen molar-refractivity contribution in [1.29, 1.82) is 0 Å². The second-order valence-electron chi connectivity index (χ2n) is 5.60. The van der Waals surface area contributed by atoms with Crippen molar-refractivity contribution in [3.63, 3.8) is 0 Å². The van der Waals surface area contributed by atoms with Crippen LogP contribution in [0.5, 0.6) is 0 Å². The van der Waals surface area contributed by atoms with Crippen LogP contribution in [-0.4, -0.2) is 26.7 Å². The first kappa shape index (κ1) is 13.8. The minimum atomic E-state index is -0.0270. The predicted octanol–water partition coefficient (Wildman–Crippen LogP) is 1.55. The minimum Gasteiger partial charge on any atom is -0.327 e. The molecule has 1 amide bonds. The molecule has 6 heteroatoms. The summed E-state index contributed by atoms with van der Waals surface area (Å²) in [5.41, 5.74) is 7.69. The van der Waals surface area contributed by atoms with Gasteiger partial charge in [0.25, 0.3) is 0 Å². The van der Waals surface area contributed by atoms with Crippen LogP contribution in [0.3, 0.4) is 0 Å². The Morgan fingerprint density at radius 3 is 2.71 bits per heavy atom. The number of hydrogen-bond donors (Lipinski definition) is 2. The van der Waals surface area contributed by atoms with Crippen molar-refractivity contribution in [3.05, 3.63) is 30.6 Å². The third kappa shape index (κ3) is 3.28. The predicted molar refractivity (Wildman–Crippen MR) is 80.4 cm³/mol. The average molecular weight is 285 g/mol. The summed E-state index contributed by atoms with van der Waals surface area (Å²) in [5.74, 6) is 1.30. The molecule has 2 aromatic rings. The van der Waals surface area contributed by atoms with Crippen LogP contribution in [0.1, 0.15) is 19.3 Å². The summed E-state index contributed by atoms with van der Waals surface area (Å²) in [6.07, 6.45) is 4.35. The lowest BCUT2D eigenvalue weighted by molar-refractivity contribution is -0.116. The van der Waals surface area contributed by atoms with E-state index in [2.05, 4.69) is 15.5 Å². The molecule has 0 saturated heterocycles. The van der Waals surface area contributed by atoms with Gasteiger partial charge in [-0.25, -0.2) is 0 Å². The molecule has 1 aromatic carbocycles. The molecule has 0 aliphatic heterocycles. The zero-order chi connectivity index (χ0) is 14.8. The monoisotopic (exact) mass is 285 g/mol. The Balaban J connectivity index is 1.61. The highest BCUT2D eigenvalue weighted by atomic mass is 16.1. The number of carbonyl (C=O) groups is 1. The van der Waals surface area contributed by atoms with Gasteiger partial charge in [0.05, 0.1) is 0 Å². The second kappa shape index (κ2) is 5.65. The molecule has 1 atom stereocenters.